The number of piperidine rings is 1. The summed E-state index contributed by atoms with van der Waals surface area (Å²) in [6.07, 6.45) is 6.25. The Morgan fingerprint density at radius 2 is 2.07 bits per heavy atom. The molecule has 0 aromatic heterocycles. The average Bonchev–Trinajstić information content (AvgIpc) is 2.18. The van der Waals surface area contributed by atoms with E-state index >= 15 is 0 Å². The summed E-state index contributed by atoms with van der Waals surface area (Å²) in [6.45, 7) is 2.51. The van der Waals surface area contributed by atoms with E-state index in [2.05, 4.69) is 5.32 Å². The lowest BCUT2D eigenvalue weighted by Crippen LogP contribution is -2.51. The summed E-state index contributed by atoms with van der Waals surface area (Å²) in [5.41, 5.74) is 0. The molecule has 1 saturated heterocycles. The molecule has 3 atom stereocenters. The van der Waals surface area contributed by atoms with Crippen molar-refractivity contribution in [2.45, 2.75) is 51.2 Å². The Morgan fingerprint density at radius 3 is 2.86 bits per heavy atom. The molecule has 1 N–H and O–H groups in total. The highest BCUT2D eigenvalue weighted by Gasteiger charge is 2.36. The van der Waals surface area contributed by atoms with Crippen molar-refractivity contribution in [2.24, 2.45) is 5.92 Å². The maximum atomic E-state index is 10.9. The number of ether oxygens (including phenoxy) is 1. The van der Waals surface area contributed by atoms with Crippen LogP contribution in [-0.4, -0.2) is 24.7 Å². The second-order valence-electron chi connectivity index (χ2n) is 4.45. The Labute approximate surface area is 85.2 Å². The van der Waals surface area contributed by atoms with Gasteiger partial charge in [0.15, 0.2) is 0 Å². The molecule has 2 rings (SSSR count). The highest BCUT2D eigenvalue weighted by atomic mass is 16.5. The molecular formula is C11H19NO2. The fraction of sp³-hybridized carbons (Fsp3) is 0.909. The molecule has 1 aliphatic carbocycles. The van der Waals surface area contributed by atoms with Gasteiger partial charge in [0.05, 0.1) is 0 Å². The van der Waals surface area contributed by atoms with Crippen molar-refractivity contribution in [3.05, 3.63) is 0 Å². The van der Waals surface area contributed by atoms with Crippen molar-refractivity contribution in [1.29, 1.82) is 0 Å². The van der Waals surface area contributed by atoms with E-state index in [0.29, 0.717) is 12.0 Å². The number of carbonyl (C=O) groups is 1. The summed E-state index contributed by atoms with van der Waals surface area (Å²) in [7, 11) is 0. The van der Waals surface area contributed by atoms with Crippen molar-refractivity contribution in [3.8, 4) is 0 Å². The van der Waals surface area contributed by atoms with E-state index in [1.54, 1.807) is 0 Å². The van der Waals surface area contributed by atoms with Gasteiger partial charge >= 0.3 is 5.97 Å². The monoisotopic (exact) mass is 197 g/mol. The van der Waals surface area contributed by atoms with Crippen LogP contribution in [0.5, 0.6) is 0 Å². The zero-order chi connectivity index (χ0) is 9.97. The molecule has 3 heteroatoms. The fourth-order valence-electron chi connectivity index (χ4n) is 2.84. The minimum Gasteiger partial charge on any atom is -0.462 e. The molecule has 2 fully saturated rings. The van der Waals surface area contributed by atoms with Gasteiger partial charge in [-0.2, -0.15) is 0 Å². The molecular weight excluding hydrogens is 178 g/mol. The van der Waals surface area contributed by atoms with Crippen molar-refractivity contribution in [3.63, 3.8) is 0 Å². The van der Waals surface area contributed by atoms with E-state index in [9.17, 15) is 4.79 Å². The first-order chi connectivity index (χ1) is 6.77. The number of hydrogen-bond donors (Lipinski definition) is 1. The zero-order valence-electron chi connectivity index (χ0n) is 8.79. The third-order valence-electron chi connectivity index (χ3n) is 3.45. The summed E-state index contributed by atoms with van der Waals surface area (Å²) < 4.78 is 5.38. The molecule has 0 radical (unpaired) electrons. The fourth-order valence-corrected chi connectivity index (χ4v) is 2.84. The standard InChI is InChI=1S/C11H19NO2/c1-8(13)14-11-6-7-12-10-5-3-2-4-9(10)11/h9-12H,2-7H2,1H3/t9-,10+,11-/m1/s1. The zero-order valence-corrected chi connectivity index (χ0v) is 8.79. The summed E-state index contributed by atoms with van der Waals surface area (Å²) in [6, 6.07) is 0.599. The van der Waals surface area contributed by atoms with Crippen molar-refractivity contribution in [1.82, 2.24) is 5.32 Å². The van der Waals surface area contributed by atoms with Gasteiger partial charge in [0.25, 0.3) is 0 Å². The second-order valence-corrected chi connectivity index (χ2v) is 4.45. The van der Waals surface area contributed by atoms with Crippen LogP contribution in [0.15, 0.2) is 0 Å². The van der Waals surface area contributed by atoms with Crippen LogP contribution in [0.25, 0.3) is 0 Å². The quantitative estimate of drug-likeness (QED) is 0.647. The number of esters is 1. The van der Waals surface area contributed by atoms with E-state index in [4.69, 9.17) is 4.74 Å². The van der Waals surface area contributed by atoms with Gasteiger partial charge in [-0.3, -0.25) is 4.79 Å². The number of carbonyl (C=O) groups excluding carboxylic acids is 1. The predicted octanol–water partition coefficient (Wildman–Crippen LogP) is 1.47. The molecule has 0 spiro atoms. The largest absolute Gasteiger partial charge is 0.462 e. The summed E-state index contributed by atoms with van der Waals surface area (Å²) >= 11 is 0. The highest BCUT2D eigenvalue weighted by Crippen LogP contribution is 2.32. The van der Waals surface area contributed by atoms with Crippen molar-refractivity contribution < 1.29 is 9.53 Å². The van der Waals surface area contributed by atoms with E-state index in [-0.39, 0.29) is 12.1 Å². The van der Waals surface area contributed by atoms with Gasteiger partial charge in [-0.1, -0.05) is 12.8 Å². The molecule has 0 unspecified atom stereocenters. The molecule has 0 bridgehead atoms. The van der Waals surface area contributed by atoms with Crippen LogP contribution in [0, 0.1) is 5.92 Å². The smallest absolute Gasteiger partial charge is 0.302 e. The number of hydrogen-bond acceptors (Lipinski definition) is 3. The maximum absolute atomic E-state index is 10.9. The first-order valence-electron chi connectivity index (χ1n) is 5.68. The maximum Gasteiger partial charge on any atom is 0.302 e. The van der Waals surface area contributed by atoms with Gasteiger partial charge in [0.1, 0.15) is 6.10 Å². The molecule has 1 saturated carbocycles. The summed E-state index contributed by atoms with van der Waals surface area (Å²) in [4.78, 5) is 10.9. The van der Waals surface area contributed by atoms with Crippen molar-refractivity contribution in [2.75, 3.05) is 6.54 Å². The van der Waals surface area contributed by atoms with Crippen LogP contribution in [0.3, 0.4) is 0 Å². The van der Waals surface area contributed by atoms with Crippen LogP contribution >= 0.6 is 0 Å². The Kier molecular flexibility index (Phi) is 3.06. The predicted molar refractivity (Wildman–Crippen MR) is 53.9 cm³/mol. The Balaban J connectivity index is 1.97. The molecule has 1 aliphatic heterocycles. The topological polar surface area (TPSA) is 38.3 Å². The third-order valence-corrected chi connectivity index (χ3v) is 3.45. The molecule has 2 aliphatic rings. The van der Waals surface area contributed by atoms with E-state index in [1.165, 1.54) is 32.6 Å². The van der Waals surface area contributed by atoms with Crippen LogP contribution in [-0.2, 0) is 9.53 Å². The SMILES string of the molecule is CC(=O)O[C@@H]1CCN[C@H]2CCCC[C@H]21. The molecule has 0 aromatic rings. The summed E-state index contributed by atoms with van der Waals surface area (Å²) in [5, 5.41) is 3.53. The van der Waals surface area contributed by atoms with Gasteiger partial charge < -0.3 is 10.1 Å². The number of fused-ring (bicyclic) bond motifs is 1. The minimum atomic E-state index is -0.124. The van der Waals surface area contributed by atoms with E-state index in [1.807, 2.05) is 0 Å². The van der Waals surface area contributed by atoms with E-state index < -0.39 is 0 Å². The molecule has 0 amide bonds. The Hall–Kier alpha value is -0.570. The third kappa shape index (κ3) is 2.08. The Bertz CT molecular complexity index is 215. The van der Waals surface area contributed by atoms with Crippen LogP contribution in [0.4, 0.5) is 0 Å². The lowest BCUT2D eigenvalue weighted by atomic mass is 9.78. The van der Waals surface area contributed by atoms with E-state index in [0.717, 1.165) is 13.0 Å². The van der Waals surface area contributed by atoms with Gasteiger partial charge in [0.2, 0.25) is 0 Å². The first kappa shape index (κ1) is 9.97. The van der Waals surface area contributed by atoms with Gasteiger partial charge in [-0.05, 0) is 25.8 Å². The normalized spacial score (nSPS) is 37.4. The molecule has 0 aromatic carbocycles. The van der Waals surface area contributed by atoms with Crippen LogP contribution in [0.2, 0.25) is 0 Å². The Morgan fingerprint density at radius 1 is 1.29 bits per heavy atom. The average molecular weight is 197 g/mol. The molecule has 1 heterocycles. The second kappa shape index (κ2) is 4.30. The highest BCUT2D eigenvalue weighted by molar-refractivity contribution is 5.66. The molecule has 14 heavy (non-hydrogen) atoms. The lowest BCUT2D eigenvalue weighted by molar-refractivity contribution is -0.152. The van der Waals surface area contributed by atoms with Gasteiger partial charge in [-0.25, -0.2) is 0 Å². The van der Waals surface area contributed by atoms with Crippen LogP contribution < -0.4 is 5.32 Å². The molecule has 3 nitrogen and oxygen atoms in total. The first-order valence-corrected chi connectivity index (χ1v) is 5.68. The number of nitrogens with one attached hydrogen (secondary N) is 1. The number of rotatable bonds is 1. The van der Waals surface area contributed by atoms with Crippen molar-refractivity contribution >= 4 is 5.97 Å². The van der Waals surface area contributed by atoms with Crippen LogP contribution in [0.1, 0.15) is 39.0 Å². The summed E-state index contributed by atoms with van der Waals surface area (Å²) in [5.74, 6) is 0.447. The van der Waals surface area contributed by atoms with Gasteiger partial charge in [-0.15, -0.1) is 0 Å². The lowest BCUT2D eigenvalue weighted by Gasteiger charge is -2.41. The van der Waals surface area contributed by atoms with Gasteiger partial charge in [0, 0.05) is 18.9 Å². The minimum absolute atomic E-state index is 0.124. The molecule has 80 valence electrons.